The second-order valence-electron chi connectivity index (χ2n) is 7.79. The first kappa shape index (κ1) is 23.5. The minimum absolute atomic E-state index is 0.0592. The third-order valence-electron chi connectivity index (χ3n) is 5.54. The molecule has 2 aromatic heterocycles. The molecule has 0 bridgehead atoms. The number of amides is 1. The molecule has 0 spiro atoms. The highest BCUT2D eigenvalue weighted by Gasteiger charge is 2.24. The van der Waals surface area contributed by atoms with Gasteiger partial charge in [0.1, 0.15) is 12.4 Å². The van der Waals surface area contributed by atoms with E-state index in [0.29, 0.717) is 28.1 Å². The van der Waals surface area contributed by atoms with Crippen LogP contribution in [0.2, 0.25) is 0 Å². The average Bonchev–Trinajstić information content (AvgIpc) is 3.13. The number of carbonyl (C=O) groups excluding carboxylic acids is 2. The number of aliphatic hydroxyl groups is 1. The molecule has 9 heteroatoms. The molecule has 35 heavy (non-hydrogen) atoms. The number of nitrogens with zero attached hydrogens (tertiary/aromatic N) is 1. The molecule has 0 radical (unpaired) electrons. The highest BCUT2D eigenvalue weighted by molar-refractivity contribution is 6.14. The van der Waals surface area contributed by atoms with E-state index in [9.17, 15) is 19.5 Å². The second-order valence-corrected chi connectivity index (χ2v) is 7.79. The topological polar surface area (TPSA) is 143 Å². The van der Waals surface area contributed by atoms with Crippen LogP contribution in [0.15, 0.2) is 66.9 Å². The number of aromatic carboxylic acids is 1. The Bertz CT molecular complexity index is 1460. The number of carboxylic acid groups (broad SMARTS) is 1. The van der Waals surface area contributed by atoms with Crippen molar-refractivity contribution in [2.24, 2.45) is 0 Å². The highest BCUT2D eigenvalue weighted by atomic mass is 16.5. The average molecular weight is 473 g/mol. The van der Waals surface area contributed by atoms with E-state index in [1.54, 1.807) is 60.0 Å². The van der Waals surface area contributed by atoms with Crippen molar-refractivity contribution in [2.75, 3.05) is 24.3 Å². The number of aromatic nitrogens is 1. The molecule has 0 saturated carbocycles. The van der Waals surface area contributed by atoms with Crippen molar-refractivity contribution in [2.45, 2.75) is 6.92 Å². The normalized spacial score (nSPS) is 10.8. The summed E-state index contributed by atoms with van der Waals surface area (Å²) >= 11 is 0. The molecule has 178 valence electrons. The lowest BCUT2D eigenvalue weighted by Gasteiger charge is -2.09. The van der Waals surface area contributed by atoms with Crippen molar-refractivity contribution in [1.29, 1.82) is 0 Å². The van der Waals surface area contributed by atoms with Gasteiger partial charge in [0.15, 0.2) is 0 Å². The molecule has 0 unspecified atom stereocenters. The van der Waals surface area contributed by atoms with Crippen molar-refractivity contribution in [3.63, 3.8) is 0 Å². The lowest BCUT2D eigenvalue weighted by atomic mass is 10.0. The van der Waals surface area contributed by atoms with Crippen LogP contribution in [0.3, 0.4) is 0 Å². The van der Waals surface area contributed by atoms with Gasteiger partial charge in [-0.05, 0) is 55.5 Å². The Balaban J connectivity index is 1.74. The molecule has 0 atom stereocenters. The van der Waals surface area contributed by atoms with Gasteiger partial charge in [0.2, 0.25) is 5.78 Å². The number of hydrogen-bond acceptors (Lipinski definition) is 6. The summed E-state index contributed by atoms with van der Waals surface area (Å²) in [5.41, 5.74) is 8.00. The van der Waals surface area contributed by atoms with E-state index in [2.05, 4.69) is 5.32 Å². The monoisotopic (exact) mass is 473 g/mol. The van der Waals surface area contributed by atoms with Gasteiger partial charge in [-0.15, -0.1) is 0 Å². The number of nitrogens with one attached hydrogen (secondary N) is 1. The molecule has 2 heterocycles. The zero-order valence-electron chi connectivity index (χ0n) is 18.8. The molecule has 4 aromatic rings. The van der Waals surface area contributed by atoms with Crippen LogP contribution in [0.25, 0.3) is 5.52 Å². The summed E-state index contributed by atoms with van der Waals surface area (Å²) in [5, 5.41) is 21.2. The van der Waals surface area contributed by atoms with Crippen molar-refractivity contribution < 1.29 is 29.3 Å². The molecule has 2 aromatic carbocycles. The number of carbonyl (C=O) groups is 3. The molecule has 0 aliphatic rings. The van der Waals surface area contributed by atoms with E-state index >= 15 is 0 Å². The van der Waals surface area contributed by atoms with Crippen LogP contribution in [0.1, 0.15) is 42.3 Å². The number of hydrogen-bond donors (Lipinski definition) is 4. The molecule has 0 fully saturated rings. The van der Waals surface area contributed by atoms with Gasteiger partial charge < -0.3 is 30.4 Å². The minimum Gasteiger partial charge on any atom is -0.491 e. The lowest BCUT2D eigenvalue weighted by Crippen LogP contribution is -2.13. The predicted molar refractivity (Wildman–Crippen MR) is 130 cm³/mol. The van der Waals surface area contributed by atoms with E-state index < -0.39 is 17.7 Å². The van der Waals surface area contributed by atoms with E-state index in [4.69, 9.17) is 15.6 Å². The van der Waals surface area contributed by atoms with Crippen LogP contribution in [-0.2, 0) is 0 Å². The number of ether oxygens (including phenoxy) is 1. The van der Waals surface area contributed by atoms with Gasteiger partial charge in [0, 0.05) is 28.6 Å². The van der Waals surface area contributed by atoms with Crippen molar-refractivity contribution in [3.8, 4) is 5.75 Å². The highest BCUT2D eigenvalue weighted by Crippen LogP contribution is 2.31. The summed E-state index contributed by atoms with van der Waals surface area (Å²) < 4.78 is 7.04. The fourth-order valence-electron chi connectivity index (χ4n) is 3.87. The largest absolute Gasteiger partial charge is 0.491 e. The van der Waals surface area contributed by atoms with Crippen molar-refractivity contribution >= 4 is 34.6 Å². The molecular weight excluding hydrogens is 450 g/mol. The number of benzene rings is 2. The third-order valence-corrected chi connectivity index (χ3v) is 5.54. The van der Waals surface area contributed by atoms with Crippen LogP contribution in [-0.4, -0.2) is 45.5 Å². The first-order valence-electron chi connectivity index (χ1n) is 10.7. The van der Waals surface area contributed by atoms with Crippen molar-refractivity contribution in [3.05, 3.63) is 94.8 Å². The summed E-state index contributed by atoms with van der Waals surface area (Å²) in [4.78, 5) is 38.0. The van der Waals surface area contributed by atoms with Crippen LogP contribution >= 0.6 is 0 Å². The third kappa shape index (κ3) is 4.57. The Morgan fingerprint density at radius 2 is 1.83 bits per heavy atom. The number of anilines is 2. The molecule has 0 aliphatic carbocycles. The summed E-state index contributed by atoms with van der Waals surface area (Å²) in [5.74, 6) is -1.60. The van der Waals surface area contributed by atoms with E-state index in [1.807, 2.05) is 0 Å². The van der Waals surface area contributed by atoms with E-state index in [0.717, 1.165) is 0 Å². The predicted octanol–water partition coefficient (Wildman–Crippen LogP) is 3.38. The van der Waals surface area contributed by atoms with Crippen LogP contribution in [0.4, 0.5) is 11.4 Å². The summed E-state index contributed by atoms with van der Waals surface area (Å²) in [7, 11) is 0. The Hall–Kier alpha value is -4.63. The number of rotatable bonds is 8. The Labute approximate surface area is 200 Å². The SMILES string of the molecule is Cc1c(NC(=O)c2cccc(OCCO)c2)c2ccccn2c1C(=O)c1ccc(N)c(C(=O)O)c1. The number of pyridine rings is 1. The van der Waals surface area contributed by atoms with Gasteiger partial charge in [0.05, 0.1) is 29.1 Å². The van der Waals surface area contributed by atoms with Gasteiger partial charge >= 0.3 is 5.97 Å². The smallest absolute Gasteiger partial charge is 0.337 e. The van der Waals surface area contributed by atoms with Gasteiger partial charge in [0.25, 0.3) is 5.91 Å². The fourth-order valence-corrected chi connectivity index (χ4v) is 3.87. The summed E-state index contributed by atoms with van der Waals surface area (Å²) in [6.07, 6.45) is 1.70. The summed E-state index contributed by atoms with van der Waals surface area (Å²) in [6.45, 7) is 1.67. The molecule has 5 N–H and O–H groups in total. The molecule has 0 aliphatic heterocycles. The Morgan fingerprint density at radius 3 is 2.57 bits per heavy atom. The summed E-state index contributed by atoms with van der Waals surface area (Å²) in [6, 6.07) is 16.0. The first-order valence-corrected chi connectivity index (χ1v) is 10.7. The maximum Gasteiger partial charge on any atom is 0.337 e. The van der Waals surface area contributed by atoms with Crippen molar-refractivity contribution in [1.82, 2.24) is 4.40 Å². The molecular formula is C26H23N3O6. The maximum absolute atomic E-state index is 13.5. The molecule has 4 rings (SSSR count). The van der Waals surface area contributed by atoms with Gasteiger partial charge in [-0.25, -0.2) is 4.79 Å². The fraction of sp³-hybridized carbons (Fsp3) is 0.115. The Kier molecular flexibility index (Phi) is 6.52. The second kappa shape index (κ2) is 9.70. The lowest BCUT2D eigenvalue weighted by molar-refractivity contribution is 0.0697. The quantitative estimate of drug-likeness (QED) is 0.227. The van der Waals surface area contributed by atoms with E-state index in [-0.39, 0.29) is 35.7 Å². The zero-order chi connectivity index (χ0) is 25.1. The van der Waals surface area contributed by atoms with Gasteiger partial charge in [-0.1, -0.05) is 12.1 Å². The first-order chi connectivity index (χ1) is 16.8. The zero-order valence-corrected chi connectivity index (χ0v) is 18.8. The number of aliphatic hydroxyl groups excluding tert-OH is 1. The van der Waals surface area contributed by atoms with Crippen LogP contribution < -0.4 is 15.8 Å². The molecule has 1 amide bonds. The standard InChI is InChI=1S/C26H23N3O6/c1-15-22(28-25(32)17-5-4-6-18(13-17)35-12-11-30)21-7-2-3-10-29(21)23(15)24(31)16-8-9-20(27)19(14-16)26(33)34/h2-10,13-14,30H,11-12,27H2,1H3,(H,28,32)(H,33,34). The molecule has 9 nitrogen and oxygen atoms in total. The minimum atomic E-state index is -1.23. The Morgan fingerprint density at radius 1 is 1.03 bits per heavy atom. The van der Waals surface area contributed by atoms with E-state index in [1.165, 1.54) is 18.2 Å². The number of ketones is 1. The van der Waals surface area contributed by atoms with Crippen LogP contribution in [0.5, 0.6) is 5.75 Å². The number of nitrogens with two attached hydrogens (primary N) is 1. The van der Waals surface area contributed by atoms with Crippen LogP contribution in [0, 0.1) is 6.92 Å². The van der Waals surface area contributed by atoms with Gasteiger partial charge in [-0.2, -0.15) is 0 Å². The number of carboxylic acids is 1. The maximum atomic E-state index is 13.5. The molecule has 0 saturated heterocycles. The number of fused-ring (bicyclic) bond motifs is 1. The van der Waals surface area contributed by atoms with Gasteiger partial charge in [-0.3, -0.25) is 9.59 Å². The number of nitrogen functional groups attached to an aromatic ring is 1.